The molecule has 2 N–H and O–H groups in total. The number of carbonyl (C=O) groups is 3. The molecule has 158 valence electrons. The van der Waals surface area contributed by atoms with Gasteiger partial charge in [-0.3, -0.25) is 14.4 Å². The Labute approximate surface area is 160 Å². The monoisotopic (exact) mass is 380 g/mol. The van der Waals surface area contributed by atoms with E-state index < -0.39 is 0 Å². The maximum Gasteiger partial charge on any atom is 0.222 e. The lowest BCUT2D eigenvalue weighted by atomic mass is 10.3. The summed E-state index contributed by atoms with van der Waals surface area (Å²) in [6.45, 7) is 11.6. The van der Waals surface area contributed by atoms with Gasteiger partial charge in [-0.15, -0.1) is 0 Å². The lowest BCUT2D eigenvalue weighted by Crippen LogP contribution is -2.32. The van der Waals surface area contributed by atoms with Gasteiger partial charge in [0.2, 0.25) is 11.8 Å². The molecule has 0 aliphatic heterocycles. The van der Waals surface area contributed by atoms with E-state index in [0.29, 0.717) is 26.4 Å². The smallest absolute Gasteiger partial charge is 0.222 e. The number of ketones is 1. The molecule has 0 aliphatic carbocycles. The van der Waals surface area contributed by atoms with Crippen LogP contribution in [0.2, 0.25) is 0 Å². The number of rotatable bonds is 15. The molecule has 0 aromatic rings. The second-order valence-electron chi connectivity index (χ2n) is 5.49. The quantitative estimate of drug-likeness (QED) is 0.418. The predicted molar refractivity (Wildman–Crippen MR) is 104 cm³/mol. The number of nitrogens with one attached hydrogen (secondary N) is 2. The van der Waals surface area contributed by atoms with Crippen LogP contribution in [0.25, 0.3) is 0 Å². The van der Waals surface area contributed by atoms with Crippen molar-refractivity contribution in [2.24, 2.45) is 0 Å². The minimum absolute atomic E-state index is 0. The highest BCUT2D eigenvalue weighted by Crippen LogP contribution is 1.89. The van der Waals surface area contributed by atoms with Crippen LogP contribution in [0.4, 0.5) is 0 Å². The zero-order chi connectivity index (χ0) is 20.2. The Balaban J connectivity index is -0.000000695. The van der Waals surface area contributed by atoms with Crippen LogP contribution in [-0.2, 0) is 28.6 Å². The Kier molecular flexibility index (Phi) is 20.4. The number of hydrogen-bond acceptors (Lipinski definition) is 6. The summed E-state index contributed by atoms with van der Waals surface area (Å²) < 4.78 is 15.6. The van der Waals surface area contributed by atoms with Gasteiger partial charge in [-0.25, -0.2) is 0 Å². The maximum atomic E-state index is 11.5. The molecule has 0 aromatic heterocycles. The minimum Gasteiger partial charge on any atom is -0.379 e. The first kappa shape index (κ1) is 26.7. The molecule has 0 unspecified atom stereocenters. The summed E-state index contributed by atoms with van der Waals surface area (Å²) in [5, 5.41) is 5.29. The van der Waals surface area contributed by atoms with Crippen LogP contribution < -0.4 is 10.6 Å². The topological polar surface area (TPSA) is 103 Å². The fourth-order valence-corrected chi connectivity index (χ4v) is 1.58. The SMILES string of the molecule is CC.CC(=O)COCCNC(=O)CCNC(=O)CCOCCOC(C)C.[HH].[HH]. The van der Waals surface area contributed by atoms with Crippen LogP contribution in [0.15, 0.2) is 0 Å². The van der Waals surface area contributed by atoms with Crippen LogP contribution in [0.3, 0.4) is 0 Å². The molecular formula is C18H40N2O6. The Bertz CT molecular complexity index is 385. The van der Waals surface area contributed by atoms with E-state index in [1.165, 1.54) is 6.92 Å². The van der Waals surface area contributed by atoms with Crippen LogP contribution in [0.5, 0.6) is 0 Å². The molecule has 8 nitrogen and oxygen atoms in total. The standard InChI is InChI=1S/C16H30N2O6.C2H6.2H2/c1-13(2)24-11-10-22-8-5-16(21)17-6-4-15(20)18-7-9-23-12-14(3)19;1-2;;/h13H,4-12H2,1-3H3,(H,17,21)(H,18,20);1-2H3;2*1H. The van der Waals surface area contributed by atoms with Gasteiger partial charge in [0, 0.05) is 28.8 Å². The molecule has 2 amide bonds. The molecule has 0 aliphatic rings. The highest BCUT2D eigenvalue weighted by Gasteiger charge is 2.04. The van der Waals surface area contributed by atoms with Gasteiger partial charge in [-0.05, 0) is 20.8 Å². The van der Waals surface area contributed by atoms with Gasteiger partial charge in [-0.2, -0.15) is 0 Å². The Hall–Kier alpha value is -1.51. The molecule has 0 radical (unpaired) electrons. The number of carbonyl (C=O) groups excluding carboxylic acids is 3. The summed E-state index contributed by atoms with van der Waals surface area (Å²) in [6.07, 6.45) is 0.618. The van der Waals surface area contributed by atoms with Crippen molar-refractivity contribution in [3.05, 3.63) is 0 Å². The summed E-state index contributed by atoms with van der Waals surface area (Å²) in [7, 11) is 0. The fourth-order valence-electron chi connectivity index (χ4n) is 1.58. The summed E-state index contributed by atoms with van der Waals surface area (Å²) in [4.78, 5) is 33.6. The van der Waals surface area contributed by atoms with Crippen molar-refractivity contribution in [1.82, 2.24) is 10.6 Å². The van der Waals surface area contributed by atoms with Crippen molar-refractivity contribution in [2.45, 2.75) is 53.6 Å². The predicted octanol–water partition coefficient (Wildman–Crippen LogP) is 1.56. The lowest BCUT2D eigenvalue weighted by Gasteiger charge is -2.09. The van der Waals surface area contributed by atoms with Crippen LogP contribution in [0.1, 0.15) is 50.3 Å². The number of hydrogen-bond donors (Lipinski definition) is 2. The van der Waals surface area contributed by atoms with Crippen LogP contribution in [0, 0.1) is 0 Å². The first-order valence-corrected chi connectivity index (χ1v) is 9.21. The normalized spacial score (nSPS) is 10.1. The third-order valence-electron chi connectivity index (χ3n) is 2.70. The fraction of sp³-hybridized carbons (Fsp3) is 0.833. The van der Waals surface area contributed by atoms with Crippen molar-refractivity contribution in [3.63, 3.8) is 0 Å². The van der Waals surface area contributed by atoms with E-state index in [9.17, 15) is 14.4 Å². The van der Waals surface area contributed by atoms with Crippen molar-refractivity contribution in [2.75, 3.05) is 46.1 Å². The molecule has 0 rings (SSSR count). The van der Waals surface area contributed by atoms with Crippen molar-refractivity contribution in [1.29, 1.82) is 0 Å². The summed E-state index contributed by atoms with van der Waals surface area (Å²) in [5.41, 5.74) is 0. The second kappa shape index (κ2) is 19.8. The van der Waals surface area contributed by atoms with Gasteiger partial charge >= 0.3 is 0 Å². The summed E-state index contributed by atoms with van der Waals surface area (Å²) in [6, 6.07) is 0. The molecule has 0 bridgehead atoms. The zero-order valence-electron chi connectivity index (χ0n) is 16.9. The highest BCUT2D eigenvalue weighted by atomic mass is 16.5. The largest absolute Gasteiger partial charge is 0.379 e. The number of Topliss-reactive ketones (excluding diaryl/α,β-unsaturated/α-hetero) is 1. The molecule has 0 fully saturated rings. The van der Waals surface area contributed by atoms with Crippen molar-refractivity contribution in [3.8, 4) is 0 Å². The third-order valence-corrected chi connectivity index (χ3v) is 2.70. The molecule has 0 spiro atoms. The molecule has 0 saturated heterocycles. The Morgan fingerprint density at radius 3 is 2.08 bits per heavy atom. The molecule has 0 heterocycles. The number of ether oxygens (including phenoxy) is 3. The average Bonchev–Trinajstić information content (AvgIpc) is 2.59. The zero-order valence-corrected chi connectivity index (χ0v) is 16.9. The van der Waals surface area contributed by atoms with Gasteiger partial charge < -0.3 is 24.8 Å². The summed E-state index contributed by atoms with van der Waals surface area (Å²) >= 11 is 0. The van der Waals surface area contributed by atoms with Gasteiger partial charge in [0.05, 0.1) is 32.5 Å². The first-order chi connectivity index (χ1) is 12.4. The van der Waals surface area contributed by atoms with E-state index in [2.05, 4.69) is 10.6 Å². The third kappa shape index (κ3) is 22.5. The van der Waals surface area contributed by atoms with E-state index >= 15 is 0 Å². The molecule has 8 heteroatoms. The number of amides is 2. The van der Waals surface area contributed by atoms with E-state index in [0.717, 1.165) is 0 Å². The molecule has 26 heavy (non-hydrogen) atoms. The van der Waals surface area contributed by atoms with E-state index in [4.69, 9.17) is 14.2 Å². The maximum absolute atomic E-state index is 11.5. The molecule has 0 atom stereocenters. The van der Waals surface area contributed by atoms with Crippen LogP contribution in [-0.4, -0.2) is 69.8 Å². The lowest BCUT2D eigenvalue weighted by molar-refractivity contribution is -0.123. The van der Waals surface area contributed by atoms with E-state index in [1.54, 1.807) is 0 Å². The van der Waals surface area contributed by atoms with Gasteiger partial charge in [0.25, 0.3) is 0 Å². The molecular weight excluding hydrogens is 340 g/mol. The highest BCUT2D eigenvalue weighted by molar-refractivity contribution is 5.79. The van der Waals surface area contributed by atoms with Crippen LogP contribution >= 0.6 is 0 Å². The average molecular weight is 381 g/mol. The second-order valence-corrected chi connectivity index (χ2v) is 5.49. The Morgan fingerprint density at radius 2 is 1.46 bits per heavy atom. The minimum atomic E-state index is -0.177. The molecule has 0 saturated carbocycles. The van der Waals surface area contributed by atoms with Crippen molar-refractivity contribution >= 4 is 17.6 Å². The summed E-state index contributed by atoms with van der Waals surface area (Å²) in [5.74, 6) is -0.387. The van der Waals surface area contributed by atoms with Gasteiger partial charge in [0.1, 0.15) is 6.61 Å². The van der Waals surface area contributed by atoms with Gasteiger partial charge in [0.15, 0.2) is 5.78 Å². The molecule has 0 aromatic carbocycles. The van der Waals surface area contributed by atoms with E-state index in [1.807, 2.05) is 27.7 Å². The first-order valence-electron chi connectivity index (χ1n) is 9.21. The van der Waals surface area contributed by atoms with Crippen molar-refractivity contribution < 1.29 is 31.4 Å². The van der Waals surface area contributed by atoms with E-state index in [-0.39, 0.29) is 59.2 Å². The Morgan fingerprint density at radius 1 is 0.846 bits per heavy atom. The van der Waals surface area contributed by atoms with Gasteiger partial charge in [-0.1, -0.05) is 13.8 Å².